The van der Waals surface area contributed by atoms with Crippen LogP contribution in [-0.4, -0.2) is 11.7 Å². The van der Waals surface area contributed by atoms with E-state index in [1.165, 1.54) is 25.7 Å². The molecule has 2 saturated carbocycles. The summed E-state index contributed by atoms with van der Waals surface area (Å²) >= 11 is 0. The predicted molar refractivity (Wildman–Crippen MR) is 59.5 cm³/mol. The Morgan fingerprint density at radius 2 is 2.27 bits per heavy atom. The quantitative estimate of drug-likeness (QED) is 0.551. The van der Waals surface area contributed by atoms with Gasteiger partial charge in [-0.1, -0.05) is 19.1 Å². The van der Waals surface area contributed by atoms with E-state index in [2.05, 4.69) is 26.0 Å². The van der Waals surface area contributed by atoms with Crippen LogP contribution in [-0.2, 0) is 4.74 Å². The van der Waals surface area contributed by atoms with Gasteiger partial charge in [0.05, 0.1) is 11.7 Å². The minimum absolute atomic E-state index is 0.239. The van der Waals surface area contributed by atoms with E-state index in [0.29, 0.717) is 11.5 Å². The smallest absolute Gasteiger partial charge is 0.0696 e. The molecule has 0 aromatic rings. The Morgan fingerprint density at radius 3 is 3.07 bits per heavy atom. The molecular formula is C14H20O. The molecule has 0 radical (unpaired) electrons. The largest absolute Gasteiger partial charge is 0.371 e. The lowest BCUT2D eigenvalue weighted by molar-refractivity contribution is -0.135. The molecule has 0 aromatic heterocycles. The Balaban J connectivity index is 1.86. The van der Waals surface area contributed by atoms with Crippen LogP contribution in [0.4, 0.5) is 0 Å². The highest BCUT2D eigenvalue weighted by Crippen LogP contribution is 2.69. The predicted octanol–water partition coefficient (Wildman–Crippen LogP) is 3.16. The average Bonchev–Trinajstić information content (AvgIpc) is 2.48. The fraction of sp³-hybridized carbons (Fsp3) is 0.857. The SMILES string of the molecule is CC1CC=C[C@]23C[C@H]4C[C@H](O[C@@]4(C)C2)[C@@H]13. The van der Waals surface area contributed by atoms with E-state index in [9.17, 15) is 0 Å². The first-order valence-electron chi connectivity index (χ1n) is 6.49. The van der Waals surface area contributed by atoms with Crippen molar-refractivity contribution in [2.75, 3.05) is 0 Å². The zero-order chi connectivity index (χ0) is 10.3. The van der Waals surface area contributed by atoms with Gasteiger partial charge >= 0.3 is 0 Å². The van der Waals surface area contributed by atoms with Crippen LogP contribution >= 0.6 is 0 Å². The second-order valence-corrected chi connectivity index (χ2v) is 6.66. The molecule has 4 bridgehead atoms. The van der Waals surface area contributed by atoms with Gasteiger partial charge in [-0.3, -0.25) is 0 Å². The Morgan fingerprint density at radius 1 is 1.40 bits per heavy atom. The third-order valence-electron chi connectivity index (χ3n) is 5.74. The van der Waals surface area contributed by atoms with Gasteiger partial charge in [-0.2, -0.15) is 0 Å². The lowest BCUT2D eigenvalue weighted by atomic mass is 9.58. The van der Waals surface area contributed by atoms with Crippen LogP contribution in [0, 0.1) is 23.2 Å². The maximum Gasteiger partial charge on any atom is 0.0696 e. The number of hydrogen-bond donors (Lipinski definition) is 0. The Labute approximate surface area is 91.9 Å². The first-order valence-corrected chi connectivity index (χ1v) is 6.49. The van der Waals surface area contributed by atoms with Crippen LogP contribution in [0.1, 0.15) is 39.5 Å². The second kappa shape index (κ2) is 2.34. The molecule has 5 rings (SSSR count). The van der Waals surface area contributed by atoms with Crippen molar-refractivity contribution in [3.63, 3.8) is 0 Å². The van der Waals surface area contributed by atoms with Gasteiger partial charge in [0.1, 0.15) is 0 Å². The highest BCUT2D eigenvalue weighted by molar-refractivity contribution is 5.24. The molecule has 1 unspecified atom stereocenters. The van der Waals surface area contributed by atoms with Crippen LogP contribution in [0.25, 0.3) is 0 Å². The average molecular weight is 204 g/mol. The van der Waals surface area contributed by atoms with E-state index in [-0.39, 0.29) is 5.60 Å². The summed E-state index contributed by atoms with van der Waals surface area (Å²) in [5, 5.41) is 0. The molecular weight excluding hydrogens is 184 g/mol. The Hall–Kier alpha value is -0.300. The summed E-state index contributed by atoms with van der Waals surface area (Å²) in [5.41, 5.74) is 0.779. The van der Waals surface area contributed by atoms with E-state index in [1.54, 1.807) is 0 Å². The Kier molecular flexibility index (Phi) is 1.38. The van der Waals surface area contributed by atoms with Crippen LogP contribution in [0.5, 0.6) is 0 Å². The van der Waals surface area contributed by atoms with Gasteiger partial charge < -0.3 is 4.74 Å². The normalized spacial score (nSPS) is 64.9. The summed E-state index contributed by atoms with van der Waals surface area (Å²) < 4.78 is 6.34. The summed E-state index contributed by atoms with van der Waals surface area (Å²) in [6, 6.07) is 0. The molecule has 2 saturated heterocycles. The van der Waals surface area contributed by atoms with Crippen molar-refractivity contribution in [1.29, 1.82) is 0 Å². The van der Waals surface area contributed by atoms with E-state index in [0.717, 1.165) is 17.8 Å². The van der Waals surface area contributed by atoms with Crippen LogP contribution < -0.4 is 0 Å². The summed E-state index contributed by atoms with van der Waals surface area (Å²) in [6.45, 7) is 4.78. The Bertz CT molecular complexity index is 347. The lowest BCUT2D eigenvalue weighted by Crippen LogP contribution is -2.48. The van der Waals surface area contributed by atoms with Crippen molar-refractivity contribution in [2.24, 2.45) is 23.2 Å². The second-order valence-electron chi connectivity index (χ2n) is 6.66. The summed E-state index contributed by atoms with van der Waals surface area (Å²) in [6.07, 6.45) is 10.9. The van der Waals surface area contributed by atoms with Gasteiger partial charge in [0.15, 0.2) is 0 Å². The maximum absolute atomic E-state index is 6.34. The molecule has 1 nitrogen and oxygen atoms in total. The fourth-order valence-corrected chi connectivity index (χ4v) is 5.37. The molecule has 3 aliphatic carbocycles. The van der Waals surface area contributed by atoms with E-state index < -0.39 is 0 Å². The molecule has 2 heterocycles. The standard InChI is InChI=1S/C14H20O/c1-9-4-3-5-14-7-10-6-11(12(9)14)15-13(10,2)8-14/h3,5,9-12H,4,6-8H2,1-2H3/t9?,10-,11+,12-,13+,14+/m1/s1. The van der Waals surface area contributed by atoms with Crippen molar-refractivity contribution in [2.45, 2.75) is 51.2 Å². The zero-order valence-corrected chi connectivity index (χ0v) is 9.70. The van der Waals surface area contributed by atoms with Gasteiger partial charge in [-0.25, -0.2) is 0 Å². The number of ether oxygens (including phenoxy) is 1. The number of rotatable bonds is 0. The molecule has 15 heavy (non-hydrogen) atoms. The van der Waals surface area contributed by atoms with E-state index >= 15 is 0 Å². The first-order chi connectivity index (χ1) is 7.13. The number of allylic oxidation sites excluding steroid dienone is 2. The minimum Gasteiger partial charge on any atom is -0.371 e. The van der Waals surface area contributed by atoms with Crippen molar-refractivity contribution >= 4 is 0 Å². The van der Waals surface area contributed by atoms with E-state index in [4.69, 9.17) is 4.74 Å². The molecule has 0 amide bonds. The molecule has 2 aliphatic heterocycles. The first kappa shape index (κ1) is 8.81. The van der Waals surface area contributed by atoms with Gasteiger partial charge in [-0.05, 0) is 55.8 Å². The molecule has 6 atom stereocenters. The van der Waals surface area contributed by atoms with Gasteiger partial charge in [0, 0.05) is 0 Å². The molecule has 1 heteroatoms. The number of hydrogen-bond acceptors (Lipinski definition) is 1. The molecule has 5 aliphatic rings. The zero-order valence-electron chi connectivity index (χ0n) is 9.70. The topological polar surface area (TPSA) is 9.23 Å². The minimum atomic E-state index is 0.239. The summed E-state index contributed by atoms with van der Waals surface area (Å²) in [7, 11) is 0. The molecule has 0 N–H and O–H groups in total. The third kappa shape index (κ3) is 0.860. The summed E-state index contributed by atoms with van der Waals surface area (Å²) in [5.74, 6) is 2.52. The van der Waals surface area contributed by atoms with Crippen LogP contribution in [0.2, 0.25) is 0 Å². The molecule has 1 spiro atoms. The van der Waals surface area contributed by atoms with Crippen molar-refractivity contribution in [1.82, 2.24) is 0 Å². The van der Waals surface area contributed by atoms with E-state index in [1.807, 2.05) is 0 Å². The van der Waals surface area contributed by atoms with Crippen LogP contribution in [0.15, 0.2) is 12.2 Å². The van der Waals surface area contributed by atoms with Crippen molar-refractivity contribution in [3.8, 4) is 0 Å². The molecule has 0 aromatic carbocycles. The van der Waals surface area contributed by atoms with Gasteiger partial charge in [0.2, 0.25) is 0 Å². The highest BCUT2D eigenvalue weighted by Gasteiger charge is 2.67. The molecule has 82 valence electrons. The monoisotopic (exact) mass is 204 g/mol. The van der Waals surface area contributed by atoms with Crippen LogP contribution in [0.3, 0.4) is 0 Å². The highest BCUT2D eigenvalue weighted by atomic mass is 16.5. The maximum atomic E-state index is 6.34. The fourth-order valence-electron chi connectivity index (χ4n) is 5.37. The van der Waals surface area contributed by atoms with Gasteiger partial charge in [0.25, 0.3) is 0 Å². The summed E-state index contributed by atoms with van der Waals surface area (Å²) in [4.78, 5) is 0. The van der Waals surface area contributed by atoms with Crippen molar-refractivity contribution in [3.05, 3.63) is 12.2 Å². The third-order valence-corrected chi connectivity index (χ3v) is 5.74. The lowest BCUT2D eigenvalue weighted by Gasteiger charge is -2.50. The van der Waals surface area contributed by atoms with Gasteiger partial charge in [-0.15, -0.1) is 0 Å². The molecule has 4 fully saturated rings. The van der Waals surface area contributed by atoms with Crippen molar-refractivity contribution < 1.29 is 4.74 Å².